The maximum Gasteiger partial charge on any atom is 1.00 e. The summed E-state index contributed by atoms with van der Waals surface area (Å²) >= 11 is 0. The van der Waals surface area contributed by atoms with Crippen LogP contribution in [0.2, 0.25) is 0 Å². The van der Waals surface area contributed by atoms with Gasteiger partial charge in [0, 0.05) is 52.7 Å². The quantitative estimate of drug-likeness (QED) is 0.360. The Kier molecular flexibility index (Phi) is 162. The fourth-order valence-corrected chi connectivity index (χ4v) is 0. The monoisotopic (exact) mass is 189 g/mol. The van der Waals surface area contributed by atoms with Crippen LogP contribution >= 0.6 is 0 Å². The van der Waals surface area contributed by atoms with Crippen LogP contribution in [-0.2, 0) is 52.7 Å². The summed E-state index contributed by atoms with van der Waals surface area (Å²) in [4.78, 5) is 0. The predicted molar refractivity (Wildman–Crippen MR) is 1.11 cm³/mol. The van der Waals surface area contributed by atoms with Gasteiger partial charge in [-0.1, -0.05) is 0 Å². The molecule has 0 aliphatic rings. The predicted octanol–water partition coefficient (Wildman–Crippen LogP) is -2.89. The molecular formula is HCoLiNiZn. The van der Waals surface area contributed by atoms with E-state index in [4.69, 9.17) is 0 Å². The molecule has 0 spiro atoms. The molecule has 0 aromatic rings. The van der Waals surface area contributed by atoms with Gasteiger partial charge in [-0.05, 0) is 0 Å². The first-order valence-electron chi connectivity index (χ1n) is 0. The van der Waals surface area contributed by atoms with E-state index in [1.165, 1.54) is 0 Å². The molecule has 0 N–H and O–H groups in total. The fourth-order valence-electron chi connectivity index (χ4n) is 0. The van der Waals surface area contributed by atoms with Gasteiger partial charge in [-0.3, -0.25) is 0 Å². The number of hydrogen-bond acceptors (Lipinski definition) is 0. The molecule has 1 radical (unpaired) electrons. The van der Waals surface area contributed by atoms with Crippen LogP contribution in [0, 0.1) is 0 Å². The molecule has 0 nitrogen and oxygen atoms in total. The summed E-state index contributed by atoms with van der Waals surface area (Å²) in [6.07, 6.45) is 0. The van der Waals surface area contributed by atoms with E-state index in [1.54, 1.807) is 0 Å². The molecule has 0 aromatic heterocycles. The average Bonchev–Trinajstić information content (AvgIpc) is 0. The minimum Gasteiger partial charge on any atom is -1.00 e. The van der Waals surface area contributed by atoms with Crippen molar-refractivity contribution in [2.75, 3.05) is 0 Å². The van der Waals surface area contributed by atoms with Gasteiger partial charge in [0.05, 0.1) is 0 Å². The van der Waals surface area contributed by atoms with Crippen molar-refractivity contribution in [1.82, 2.24) is 0 Å². The van der Waals surface area contributed by atoms with Crippen molar-refractivity contribution < 1.29 is 73.0 Å². The molecule has 0 aliphatic carbocycles. The summed E-state index contributed by atoms with van der Waals surface area (Å²) in [6, 6.07) is 0. The van der Waals surface area contributed by atoms with E-state index in [0.717, 1.165) is 0 Å². The van der Waals surface area contributed by atoms with Gasteiger partial charge in [0.25, 0.3) is 0 Å². The van der Waals surface area contributed by atoms with Gasteiger partial charge in [-0.25, -0.2) is 0 Å². The van der Waals surface area contributed by atoms with Crippen molar-refractivity contribution in [3.8, 4) is 0 Å². The first kappa shape index (κ1) is 34.4. The Hall–Kier alpha value is 2.22. The van der Waals surface area contributed by atoms with Crippen LogP contribution in [0.15, 0.2) is 0 Å². The number of rotatable bonds is 0. The molecule has 0 saturated carbocycles. The first-order chi connectivity index (χ1) is 0. The second-order valence-corrected chi connectivity index (χ2v) is 0. The third-order valence-corrected chi connectivity index (χ3v) is 0. The van der Waals surface area contributed by atoms with Gasteiger partial charge in [-0.2, -0.15) is 0 Å². The van der Waals surface area contributed by atoms with Crippen molar-refractivity contribution in [2.24, 2.45) is 0 Å². The Balaban J connectivity index is 0. The maximum absolute atomic E-state index is 0. The second-order valence-electron chi connectivity index (χ2n) is 0. The van der Waals surface area contributed by atoms with Crippen LogP contribution in [0.5, 0.6) is 0 Å². The molecule has 0 aromatic carbocycles. The van der Waals surface area contributed by atoms with Crippen LogP contribution in [-0.4, -0.2) is 0 Å². The van der Waals surface area contributed by atoms with E-state index in [-0.39, 0.29) is 73.0 Å². The Bertz CT molecular complexity index is 11.6. The normalized spacial score (nSPS) is 0. The molecular weight excluding hydrogens is 190 g/mol. The molecule has 4 heteroatoms. The van der Waals surface area contributed by atoms with Crippen LogP contribution in [0.1, 0.15) is 1.43 Å². The van der Waals surface area contributed by atoms with Gasteiger partial charge in [0.1, 0.15) is 0 Å². The number of hydrogen-bond donors (Lipinski definition) is 0. The second kappa shape index (κ2) is 18.9. The molecule has 0 atom stereocenters. The van der Waals surface area contributed by atoms with Crippen LogP contribution in [0.3, 0.4) is 0 Å². The third kappa shape index (κ3) is 8.88. The third-order valence-electron chi connectivity index (χ3n) is 0. The molecule has 0 aliphatic heterocycles. The summed E-state index contributed by atoms with van der Waals surface area (Å²) < 4.78 is 0. The minimum atomic E-state index is 0. The smallest absolute Gasteiger partial charge is 1.00 e. The molecule has 0 heterocycles. The van der Waals surface area contributed by atoms with E-state index >= 15 is 0 Å². The molecule has 0 bridgehead atoms. The zero-order chi connectivity index (χ0) is 0. The summed E-state index contributed by atoms with van der Waals surface area (Å²) in [5.74, 6) is 0. The summed E-state index contributed by atoms with van der Waals surface area (Å²) in [7, 11) is 0. The van der Waals surface area contributed by atoms with E-state index in [2.05, 4.69) is 0 Å². The minimum absolute atomic E-state index is 0. The molecule has 0 saturated heterocycles. The zero-order valence-electron chi connectivity index (χ0n) is 3.36. The van der Waals surface area contributed by atoms with Gasteiger partial charge in [0.2, 0.25) is 0 Å². The maximum atomic E-state index is 0. The van der Waals surface area contributed by atoms with Crippen molar-refractivity contribution in [3.05, 3.63) is 0 Å². The van der Waals surface area contributed by atoms with Crippen molar-refractivity contribution in [1.29, 1.82) is 0 Å². The van der Waals surface area contributed by atoms with Crippen molar-refractivity contribution >= 4 is 0 Å². The Morgan fingerprint density at radius 3 is 1.25 bits per heavy atom. The van der Waals surface area contributed by atoms with Gasteiger partial charge < -0.3 is 1.43 Å². The molecule has 0 rings (SSSR count). The fraction of sp³-hybridized carbons (Fsp3) is 0. The topological polar surface area (TPSA) is 0 Å². The van der Waals surface area contributed by atoms with E-state index < -0.39 is 0 Å². The molecule has 23 valence electrons. The molecule has 4 heavy (non-hydrogen) atoms. The largest absolute Gasteiger partial charge is 1.00 e. The van der Waals surface area contributed by atoms with Crippen LogP contribution < -0.4 is 18.9 Å². The molecule has 0 fully saturated rings. The standard InChI is InChI=1S/Co.Li.Ni.Zn.H/q;+1;;;-1. The van der Waals surface area contributed by atoms with Gasteiger partial charge in [-0.15, -0.1) is 0 Å². The van der Waals surface area contributed by atoms with Crippen molar-refractivity contribution in [3.63, 3.8) is 0 Å². The zero-order valence-corrected chi connectivity index (χ0v) is 7.35. The molecule has 0 unspecified atom stereocenters. The summed E-state index contributed by atoms with van der Waals surface area (Å²) in [5, 5.41) is 0. The van der Waals surface area contributed by atoms with Gasteiger partial charge >= 0.3 is 18.9 Å². The van der Waals surface area contributed by atoms with Crippen molar-refractivity contribution in [2.45, 2.75) is 0 Å². The average molecular weight is 191 g/mol. The Morgan fingerprint density at radius 2 is 1.25 bits per heavy atom. The van der Waals surface area contributed by atoms with Gasteiger partial charge in [0.15, 0.2) is 0 Å². The first-order valence-corrected chi connectivity index (χ1v) is 0. The summed E-state index contributed by atoms with van der Waals surface area (Å²) in [5.41, 5.74) is 0. The Morgan fingerprint density at radius 1 is 1.25 bits per heavy atom. The summed E-state index contributed by atoms with van der Waals surface area (Å²) in [6.45, 7) is 0. The molecule has 0 amide bonds. The van der Waals surface area contributed by atoms with Crippen LogP contribution in [0.4, 0.5) is 0 Å². The van der Waals surface area contributed by atoms with E-state index in [0.29, 0.717) is 0 Å². The van der Waals surface area contributed by atoms with E-state index in [9.17, 15) is 0 Å². The van der Waals surface area contributed by atoms with Crippen LogP contribution in [0.25, 0.3) is 0 Å². The van der Waals surface area contributed by atoms with E-state index in [1.807, 2.05) is 0 Å². The Labute approximate surface area is 72.4 Å². The SMILES string of the molecule is [Co].[H-].[Li+].[Ni].[Zn].